The minimum atomic E-state index is -0.234. The summed E-state index contributed by atoms with van der Waals surface area (Å²) in [6.45, 7) is 4.38. The molecule has 0 spiro atoms. The topological polar surface area (TPSA) is 58.6 Å². The molecule has 3 aromatic carbocycles. The average Bonchev–Trinajstić information content (AvgIpc) is 2.83. The molecule has 0 radical (unpaired) electrons. The molecule has 0 aromatic heterocycles. The van der Waals surface area contributed by atoms with Crippen LogP contribution in [-0.2, 0) is 11.3 Å². The molecule has 1 heterocycles. The van der Waals surface area contributed by atoms with Crippen molar-refractivity contribution in [3.63, 3.8) is 0 Å². The zero-order valence-corrected chi connectivity index (χ0v) is 19.3. The number of para-hydroxylation sites is 2. The number of hydrogen-bond donors (Lipinski definition) is 1. The smallest absolute Gasteiger partial charge is 0.294 e. The summed E-state index contributed by atoms with van der Waals surface area (Å²) >= 11 is 6.01. The average molecular weight is 461 g/mol. The van der Waals surface area contributed by atoms with Gasteiger partial charge < -0.3 is 10.1 Å². The number of carbonyl (C=O) groups is 2. The Morgan fingerprint density at radius 3 is 2.45 bits per heavy atom. The van der Waals surface area contributed by atoms with Gasteiger partial charge >= 0.3 is 0 Å². The van der Waals surface area contributed by atoms with Crippen LogP contribution in [0.25, 0.3) is 6.08 Å². The molecule has 168 valence electrons. The van der Waals surface area contributed by atoms with Crippen molar-refractivity contribution in [1.29, 1.82) is 0 Å². The van der Waals surface area contributed by atoms with Gasteiger partial charge in [0.05, 0.1) is 12.2 Å². The van der Waals surface area contributed by atoms with E-state index in [-0.39, 0.29) is 23.6 Å². The van der Waals surface area contributed by atoms with Gasteiger partial charge in [-0.15, -0.1) is 0 Å². The van der Waals surface area contributed by atoms with E-state index in [1.54, 1.807) is 35.2 Å². The molecule has 0 saturated carbocycles. The molecule has 5 nitrogen and oxygen atoms in total. The van der Waals surface area contributed by atoms with Crippen molar-refractivity contribution in [2.24, 2.45) is 0 Å². The first-order valence-corrected chi connectivity index (χ1v) is 11.3. The molecule has 3 aromatic rings. The number of carbonyl (C=O) groups excluding carboxylic acids is 2. The zero-order valence-electron chi connectivity index (χ0n) is 18.5. The van der Waals surface area contributed by atoms with E-state index in [4.69, 9.17) is 16.3 Å². The Balaban J connectivity index is 1.59. The van der Waals surface area contributed by atoms with Gasteiger partial charge in [-0.2, -0.15) is 0 Å². The van der Waals surface area contributed by atoms with Crippen LogP contribution in [0.3, 0.4) is 0 Å². The summed E-state index contributed by atoms with van der Waals surface area (Å²) in [4.78, 5) is 27.4. The largest absolute Gasteiger partial charge is 0.449 e. The highest BCUT2D eigenvalue weighted by Crippen LogP contribution is 2.36. The number of nitrogens with one attached hydrogen (secondary N) is 1. The van der Waals surface area contributed by atoms with Crippen LogP contribution in [-0.4, -0.2) is 17.9 Å². The van der Waals surface area contributed by atoms with E-state index in [1.807, 2.05) is 62.4 Å². The lowest BCUT2D eigenvalue weighted by Crippen LogP contribution is -2.36. The van der Waals surface area contributed by atoms with Gasteiger partial charge in [-0.1, -0.05) is 54.9 Å². The third-order valence-electron chi connectivity index (χ3n) is 5.55. The second-order valence-corrected chi connectivity index (χ2v) is 8.44. The fraction of sp³-hybridized carbons (Fsp3) is 0.185. The van der Waals surface area contributed by atoms with E-state index < -0.39 is 0 Å². The Hall–Kier alpha value is -3.57. The fourth-order valence-electron chi connectivity index (χ4n) is 3.48. The lowest BCUT2D eigenvalue weighted by atomic mass is 10.1. The summed E-state index contributed by atoms with van der Waals surface area (Å²) in [5.41, 5.74) is 3.01. The fourth-order valence-corrected chi connectivity index (χ4v) is 3.61. The lowest BCUT2D eigenvalue weighted by molar-refractivity contribution is -0.117. The number of anilines is 1. The first-order chi connectivity index (χ1) is 15.9. The predicted molar refractivity (Wildman–Crippen MR) is 131 cm³/mol. The van der Waals surface area contributed by atoms with E-state index in [0.29, 0.717) is 28.6 Å². The number of ether oxygens (including phenoxy) is 1. The first-order valence-electron chi connectivity index (χ1n) is 10.9. The van der Waals surface area contributed by atoms with Crippen LogP contribution in [0.1, 0.15) is 41.8 Å². The number of rotatable bonds is 6. The highest BCUT2D eigenvalue weighted by atomic mass is 35.5. The maximum absolute atomic E-state index is 13.3. The molecule has 0 fully saturated rings. The van der Waals surface area contributed by atoms with E-state index in [2.05, 4.69) is 5.32 Å². The molecule has 0 saturated heterocycles. The van der Waals surface area contributed by atoms with Gasteiger partial charge in [0.2, 0.25) is 0 Å². The second kappa shape index (κ2) is 9.92. The minimum absolute atomic E-state index is 0.110. The minimum Gasteiger partial charge on any atom is -0.449 e. The van der Waals surface area contributed by atoms with Crippen LogP contribution in [0.4, 0.5) is 5.69 Å². The number of fused-ring (bicyclic) bond motifs is 1. The Kier molecular flexibility index (Phi) is 6.80. The zero-order chi connectivity index (χ0) is 23.4. The monoisotopic (exact) mass is 460 g/mol. The van der Waals surface area contributed by atoms with Gasteiger partial charge in [0.15, 0.2) is 11.5 Å². The number of benzene rings is 3. The van der Waals surface area contributed by atoms with E-state index >= 15 is 0 Å². The lowest BCUT2D eigenvalue weighted by Gasteiger charge is -2.30. The van der Waals surface area contributed by atoms with Crippen LogP contribution in [0.15, 0.2) is 78.6 Å². The van der Waals surface area contributed by atoms with E-state index in [1.165, 1.54) is 0 Å². The number of nitrogens with zero attached hydrogens (tertiary/aromatic N) is 1. The molecule has 1 aliphatic rings. The molecule has 2 amide bonds. The van der Waals surface area contributed by atoms with Crippen molar-refractivity contribution in [2.75, 3.05) is 4.90 Å². The summed E-state index contributed by atoms with van der Waals surface area (Å²) in [5.74, 6) is 0.486. The van der Waals surface area contributed by atoms with Crippen molar-refractivity contribution in [3.8, 4) is 5.75 Å². The quantitative estimate of drug-likeness (QED) is 0.470. The first kappa shape index (κ1) is 22.6. The molecule has 1 N–H and O–H groups in total. The summed E-state index contributed by atoms with van der Waals surface area (Å²) in [7, 11) is 0. The second-order valence-electron chi connectivity index (χ2n) is 8.00. The Morgan fingerprint density at radius 1 is 1.06 bits per heavy atom. The van der Waals surface area contributed by atoms with Crippen LogP contribution < -0.4 is 15.0 Å². The maximum Gasteiger partial charge on any atom is 0.294 e. The highest BCUT2D eigenvalue weighted by molar-refractivity contribution is 6.30. The van der Waals surface area contributed by atoms with Crippen molar-refractivity contribution in [1.82, 2.24) is 5.32 Å². The molecule has 0 aliphatic carbocycles. The van der Waals surface area contributed by atoms with Crippen LogP contribution >= 0.6 is 11.6 Å². The Bertz CT molecular complexity index is 1190. The summed E-state index contributed by atoms with van der Waals surface area (Å²) in [6, 6.07) is 22.1. The summed E-state index contributed by atoms with van der Waals surface area (Å²) in [6.07, 6.45) is 2.56. The molecule has 6 heteroatoms. The van der Waals surface area contributed by atoms with Gasteiger partial charge in [-0.3, -0.25) is 14.5 Å². The highest BCUT2D eigenvalue weighted by Gasteiger charge is 2.30. The molecule has 4 rings (SSSR count). The van der Waals surface area contributed by atoms with Crippen LogP contribution in [0.5, 0.6) is 5.75 Å². The van der Waals surface area contributed by atoms with Crippen molar-refractivity contribution < 1.29 is 14.3 Å². The summed E-state index contributed by atoms with van der Waals surface area (Å²) in [5, 5.41) is 3.60. The van der Waals surface area contributed by atoms with Gasteiger partial charge in [0.1, 0.15) is 0 Å². The normalized spacial score (nSPS) is 15.1. The van der Waals surface area contributed by atoms with Gasteiger partial charge in [0, 0.05) is 16.6 Å². The van der Waals surface area contributed by atoms with Crippen LogP contribution in [0.2, 0.25) is 5.02 Å². The predicted octanol–water partition coefficient (Wildman–Crippen LogP) is 5.84. The number of halogens is 1. The Morgan fingerprint density at radius 2 is 1.76 bits per heavy atom. The SMILES string of the molecule is CC[C@H](C)NC(=O)c1ccc(/C=C2\Oc3ccccc3N(Cc3ccc(Cl)cc3)C2=O)cc1. The summed E-state index contributed by atoms with van der Waals surface area (Å²) < 4.78 is 5.95. The van der Waals surface area contributed by atoms with E-state index in [9.17, 15) is 9.59 Å². The third-order valence-corrected chi connectivity index (χ3v) is 5.80. The van der Waals surface area contributed by atoms with Crippen molar-refractivity contribution in [2.45, 2.75) is 32.9 Å². The molecule has 1 atom stereocenters. The number of amides is 2. The van der Waals surface area contributed by atoms with Gasteiger partial charge in [-0.25, -0.2) is 0 Å². The van der Waals surface area contributed by atoms with Gasteiger partial charge in [0.25, 0.3) is 11.8 Å². The molecule has 0 bridgehead atoms. The van der Waals surface area contributed by atoms with Crippen molar-refractivity contribution in [3.05, 3.63) is 100 Å². The van der Waals surface area contributed by atoms with Gasteiger partial charge in [-0.05, 0) is 66.9 Å². The molecule has 0 unspecified atom stereocenters. The number of hydrogen-bond acceptors (Lipinski definition) is 3. The Labute approximate surface area is 198 Å². The van der Waals surface area contributed by atoms with E-state index in [0.717, 1.165) is 17.5 Å². The molecule has 1 aliphatic heterocycles. The van der Waals surface area contributed by atoms with Crippen molar-refractivity contribution >= 4 is 35.2 Å². The third kappa shape index (κ3) is 5.26. The standard InChI is InChI=1S/C27H25ClN2O3/c1-3-18(2)29-26(31)21-12-8-19(9-13-21)16-25-27(32)30(17-20-10-14-22(28)15-11-20)23-6-4-5-7-24(23)33-25/h4-16,18H,3,17H2,1-2H3,(H,29,31)/b25-16-/t18-/m0/s1. The maximum atomic E-state index is 13.3. The van der Waals surface area contributed by atoms with Crippen LogP contribution in [0, 0.1) is 0 Å². The molecular formula is C27H25ClN2O3. The molecule has 33 heavy (non-hydrogen) atoms. The molecular weight excluding hydrogens is 436 g/mol.